The average molecular weight is 484 g/mol. The van der Waals surface area contributed by atoms with Crippen LogP contribution in [0.1, 0.15) is 41.6 Å². The SMILES string of the molecule is C[C@@H]1Cc2cc(O)ccc2[C@@H](c2c(F)cc(C=C3CN(CCCF)C3)cc2F)N1CC(F)(F)F. The third kappa shape index (κ3) is 5.25. The highest BCUT2D eigenvalue weighted by atomic mass is 19.4. The van der Waals surface area contributed by atoms with Crippen LogP contribution in [0.3, 0.4) is 0 Å². The van der Waals surface area contributed by atoms with Gasteiger partial charge in [0.15, 0.2) is 0 Å². The van der Waals surface area contributed by atoms with E-state index < -0.39 is 48.7 Å². The molecule has 0 aromatic heterocycles. The Balaban J connectivity index is 1.69. The Morgan fingerprint density at radius 2 is 1.76 bits per heavy atom. The number of phenolic OH excluding ortho intramolecular Hbond substituents is 1. The number of alkyl halides is 4. The molecule has 0 radical (unpaired) electrons. The van der Waals surface area contributed by atoms with E-state index in [1.807, 2.05) is 4.90 Å². The van der Waals surface area contributed by atoms with E-state index in [9.17, 15) is 22.7 Å². The molecule has 0 aliphatic carbocycles. The van der Waals surface area contributed by atoms with Gasteiger partial charge in [-0.2, -0.15) is 13.2 Å². The fourth-order valence-corrected chi connectivity index (χ4v) is 4.92. The van der Waals surface area contributed by atoms with Crippen LogP contribution in [-0.4, -0.2) is 60.0 Å². The van der Waals surface area contributed by atoms with Crippen molar-refractivity contribution < 1.29 is 31.4 Å². The lowest BCUT2D eigenvalue weighted by atomic mass is 9.84. The summed E-state index contributed by atoms with van der Waals surface area (Å²) < 4.78 is 83.2. The standard InChI is InChI=1S/C25H26F6N2O/c1-15-7-18-11-19(34)3-4-20(18)24(33(15)14-25(29,30)31)23-21(27)9-16(10-22(23)28)8-17-12-32(13-17)6-2-5-26/h3-4,8-11,15,24,34H,2,5-7,12-14H2,1H3/t15-,24+/m1/s1. The first-order chi connectivity index (χ1) is 16.1. The number of hydrogen-bond donors (Lipinski definition) is 1. The first-order valence-corrected chi connectivity index (χ1v) is 11.2. The van der Waals surface area contributed by atoms with Crippen molar-refractivity contribution in [1.82, 2.24) is 9.80 Å². The number of likely N-dealkylation sites (tertiary alicyclic amines) is 1. The summed E-state index contributed by atoms with van der Waals surface area (Å²) in [5.74, 6) is -1.91. The second-order valence-electron chi connectivity index (χ2n) is 9.08. The summed E-state index contributed by atoms with van der Waals surface area (Å²) in [6, 6.07) is 4.51. The number of rotatable bonds is 6. The van der Waals surface area contributed by atoms with Crippen molar-refractivity contribution in [3.63, 3.8) is 0 Å². The fourth-order valence-electron chi connectivity index (χ4n) is 4.92. The van der Waals surface area contributed by atoms with E-state index >= 15 is 8.78 Å². The summed E-state index contributed by atoms with van der Waals surface area (Å²) in [5, 5.41) is 9.84. The topological polar surface area (TPSA) is 26.7 Å². The maximum atomic E-state index is 15.3. The Hall–Kier alpha value is -2.52. The van der Waals surface area contributed by atoms with Gasteiger partial charge in [-0.3, -0.25) is 14.2 Å². The molecule has 1 saturated heterocycles. The van der Waals surface area contributed by atoms with Crippen LogP contribution in [0.5, 0.6) is 5.75 Å². The number of hydrogen-bond acceptors (Lipinski definition) is 3. The smallest absolute Gasteiger partial charge is 0.401 e. The van der Waals surface area contributed by atoms with Crippen molar-refractivity contribution in [3.8, 4) is 5.75 Å². The number of phenols is 1. The number of aromatic hydroxyl groups is 1. The van der Waals surface area contributed by atoms with Crippen LogP contribution in [0.2, 0.25) is 0 Å². The molecule has 3 nitrogen and oxygen atoms in total. The Morgan fingerprint density at radius 3 is 2.38 bits per heavy atom. The molecule has 1 N–H and O–H groups in total. The Kier molecular flexibility index (Phi) is 6.96. The summed E-state index contributed by atoms with van der Waals surface area (Å²) in [7, 11) is 0. The second-order valence-corrected chi connectivity index (χ2v) is 9.08. The second kappa shape index (κ2) is 9.62. The molecule has 184 valence electrons. The van der Waals surface area contributed by atoms with Crippen LogP contribution in [-0.2, 0) is 6.42 Å². The van der Waals surface area contributed by atoms with Crippen LogP contribution in [0.15, 0.2) is 35.9 Å². The molecule has 0 spiro atoms. The van der Waals surface area contributed by atoms with Crippen molar-refractivity contribution in [2.24, 2.45) is 0 Å². The minimum Gasteiger partial charge on any atom is -0.508 e. The summed E-state index contributed by atoms with van der Waals surface area (Å²) in [4.78, 5) is 3.07. The highest BCUT2D eigenvalue weighted by Gasteiger charge is 2.42. The molecular formula is C25H26F6N2O. The Bertz CT molecular complexity index is 1050. The van der Waals surface area contributed by atoms with Gasteiger partial charge < -0.3 is 5.11 Å². The van der Waals surface area contributed by atoms with Crippen molar-refractivity contribution >= 4 is 6.08 Å². The molecule has 2 heterocycles. The van der Waals surface area contributed by atoms with Gasteiger partial charge in [0.25, 0.3) is 0 Å². The lowest BCUT2D eigenvalue weighted by Crippen LogP contribution is -2.47. The van der Waals surface area contributed by atoms with Crippen molar-refractivity contribution in [2.45, 2.75) is 38.0 Å². The van der Waals surface area contributed by atoms with Crippen molar-refractivity contribution in [3.05, 3.63) is 69.8 Å². The molecule has 0 bridgehead atoms. The molecule has 0 unspecified atom stereocenters. The van der Waals surface area contributed by atoms with Gasteiger partial charge in [-0.15, -0.1) is 0 Å². The first-order valence-electron chi connectivity index (χ1n) is 11.2. The third-order valence-electron chi connectivity index (χ3n) is 6.40. The molecule has 34 heavy (non-hydrogen) atoms. The van der Waals surface area contributed by atoms with Crippen LogP contribution in [0, 0.1) is 11.6 Å². The Labute approximate surface area is 194 Å². The highest BCUT2D eigenvalue weighted by molar-refractivity contribution is 5.57. The zero-order chi connectivity index (χ0) is 24.6. The highest BCUT2D eigenvalue weighted by Crippen LogP contribution is 2.42. The number of nitrogens with zero attached hydrogens (tertiary/aromatic N) is 2. The zero-order valence-electron chi connectivity index (χ0n) is 18.7. The molecule has 9 heteroatoms. The number of fused-ring (bicyclic) bond motifs is 1. The fraction of sp³-hybridized carbons (Fsp3) is 0.440. The first kappa shape index (κ1) is 24.6. The van der Waals surface area contributed by atoms with Crippen LogP contribution in [0.4, 0.5) is 26.3 Å². The molecule has 2 aromatic carbocycles. The van der Waals surface area contributed by atoms with Gasteiger partial charge in [-0.1, -0.05) is 12.1 Å². The molecule has 1 fully saturated rings. The molecule has 4 rings (SSSR count). The number of benzene rings is 2. The lowest BCUT2D eigenvalue weighted by molar-refractivity contribution is -0.155. The van der Waals surface area contributed by atoms with E-state index in [4.69, 9.17) is 0 Å². The monoisotopic (exact) mass is 484 g/mol. The van der Waals surface area contributed by atoms with Crippen molar-refractivity contribution in [1.29, 1.82) is 0 Å². The van der Waals surface area contributed by atoms with Gasteiger partial charge in [0.05, 0.1) is 19.3 Å². The quantitative estimate of drug-likeness (QED) is 0.539. The van der Waals surface area contributed by atoms with Gasteiger partial charge in [-0.05, 0) is 66.3 Å². The van der Waals surface area contributed by atoms with Crippen LogP contribution < -0.4 is 0 Å². The van der Waals surface area contributed by atoms with Crippen LogP contribution >= 0.6 is 0 Å². The predicted octanol–water partition coefficient (Wildman–Crippen LogP) is 5.63. The maximum absolute atomic E-state index is 15.3. The van der Waals surface area contributed by atoms with E-state index in [1.165, 1.54) is 18.2 Å². The minimum atomic E-state index is -4.56. The Morgan fingerprint density at radius 1 is 1.09 bits per heavy atom. The summed E-state index contributed by atoms with van der Waals surface area (Å²) in [6.07, 6.45) is -2.26. The average Bonchev–Trinajstić information content (AvgIpc) is 2.70. The molecule has 2 aliphatic heterocycles. The van der Waals surface area contributed by atoms with E-state index in [1.54, 1.807) is 13.0 Å². The van der Waals surface area contributed by atoms with E-state index in [0.717, 1.165) is 22.6 Å². The molecule has 2 aromatic rings. The molecule has 2 aliphatic rings. The summed E-state index contributed by atoms with van der Waals surface area (Å²) in [5.41, 5.74) is 1.69. The molecule has 2 atom stereocenters. The molecular weight excluding hydrogens is 458 g/mol. The summed E-state index contributed by atoms with van der Waals surface area (Å²) in [6.45, 7) is 1.63. The van der Waals surface area contributed by atoms with E-state index in [2.05, 4.69) is 0 Å². The van der Waals surface area contributed by atoms with Crippen LogP contribution in [0.25, 0.3) is 6.08 Å². The molecule has 0 amide bonds. The predicted molar refractivity (Wildman–Crippen MR) is 117 cm³/mol. The van der Waals surface area contributed by atoms with Crippen molar-refractivity contribution in [2.75, 3.05) is 32.9 Å². The van der Waals surface area contributed by atoms with Gasteiger partial charge >= 0.3 is 6.18 Å². The zero-order valence-corrected chi connectivity index (χ0v) is 18.7. The third-order valence-corrected chi connectivity index (χ3v) is 6.40. The van der Waals surface area contributed by atoms with Gasteiger partial charge in [0.2, 0.25) is 0 Å². The number of halogens is 6. The summed E-state index contributed by atoms with van der Waals surface area (Å²) >= 11 is 0. The van der Waals surface area contributed by atoms with Gasteiger partial charge in [-0.25, -0.2) is 8.78 Å². The lowest BCUT2D eigenvalue weighted by Gasteiger charge is -2.42. The maximum Gasteiger partial charge on any atom is 0.401 e. The van der Waals surface area contributed by atoms with Gasteiger partial charge in [0.1, 0.15) is 17.4 Å². The van der Waals surface area contributed by atoms with E-state index in [-0.39, 0.29) is 17.7 Å². The molecule has 0 saturated carbocycles. The van der Waals surface area contributed by atoms with E-state index in [0.29, 0.717) is 37.2 Å². The van der Waals surface area contributed by atoms with Gasteiger partial charge in [0, 0.05) is 31.2 Å². The minimum absolute atomic E-state index is 0.0575. The normalized spacial score (nSPS) is 21.3. The largest absolute Gasteiger partial charge is 0.508 e.